The molecule has 17 heavy (non-hydrogen) atoms. The van der Waals surface area contributed by atoms with Gasteiger partial charge in [-0.05, 0) is 31.1 Å². The maximum atomic E-state index is 12.1. The summed E-state index contributed by atoms with van der Waals surface area (Å²) in [7, 11) is 3.18. The minimum Gasteiger partial charge on any atom is -0.328 e. The molecule has 1 atom stereocenters. The molecule has 0 heterocycles. The molecule has 4 heteroatoms. The molecule has 0 aromatic carbocycles. The number of hydroxylamine groups is 2. The average molecular weight is 242 g/mol. The highest BCUT2D eigenvalue weighted by molar-refractivity contribution is 5.80. The number of hydrogen-bond donors (Lipinski definition) is 1. The van der Waals surface area contributed by atoms with E-state index < -0.39 is 0 Å². The number of amides is 1. The topological polar surface area (TPSA) is 55.6 Å². The van der Waals surface area contributed by atoms with E-state index in [0.29, 0.717) is 17.9 Å². The Bertz CT molecular complexity index is 273. The van der Waals surface area contributed by atoms with Gasteiger partial charge in [-0.1, -0.05) is 20.8 Å². The first kappa shape index (κ1) is 14.5. The van der Waals surface area contributed by atoms with Crippen molar-refractivity contribution >= 4 is 5.91 Å². The van der Waals surface area contributed by atoms with E-state index in [1.807, 2.05) is 13.8 Å². The van der Waals surface area contributed by atoms with Gasteiger partial charge in [0, 0.05) is 18.5 Å². The van der Waals surface area contributed by atoms with Crippen LogP contribution in [0.4, 0.5) is 0 Å². The second-order valence-corrected chi connectivity index (χ2v) is 6.04. The standard InChI is InChI=1S/C13H26N2O2/c1-9(10-6-11(14)7-10)8-13(2,3)12(16)15(4)17-5/h9-11H,6-8,14H2,1-5H3. The predicted molar refractivity (Wildman–Crippen MR) is 68.0 cm³/mol. The van der Waals surface area contributed by atoms with E-state index >= 15 is 0 Å². The van der Waals surface area contributed by atoms with Crippen LogP contribution in [0.2, 0.25) is 0 Å². The summed E-state index contributed by atoms with van der Waals surface area (Å²) in [6, 6.07) is 0.378. The van der Waals surface area contributed by atoms with Crippen LogP contribution in [0.3, 0.4) is 0 Å². The average Bonchev–Trinajstić information content (AvgIpc) is 2.21. The molecule has 0 aromatic rings. The molecule has 0 radical (unpaired) electrons. The van der Waals surface area contributed by atoms with Gasteiger partial charge in [0.1, 0.15) is 0 Å². The van der Waals surface area contributed by atoms with Crippen molar-refractivity contribution in [1.29, 1.82) is 0 Å². The van der Waals surface area contributed by atoms with E-state index in [1.54, 1.807) is 7.05 Å². The molecule has 100 valence electrons. The summed E-state index contributed by atoms with van der Waals surface area (Å²) >= 11 is 0. The molecule has 2 N–H and O–H groups in total. The number of carbonyl (C=O) groups is 1. The summed E-state index contributed by atoms with van der Waals surface area (Å²) in [6.45, 7) is 6.19. The minimum absolute atomic E-state index is 0.0375. The van der Waals surface area contributed by atoms with Crippen LogP contribution in [0.15, 0.2) is 0 Å². The maximum absolute atomic E-state index is 12.1. The fourth-order valence-electron chi connectivity index (χ4n) is 2.74. The van der Waals surface area contributed by atoms with Gasteiger partial charge in [-0.15, -0.1) is 0 Å². The van der Waals surface area contributed by atoms with Crippen LogP contribution >= 0.6 is 0 Å². The minimum atomic E-state index is -0.371. The van der Waals surface area contributed by atoms with Crippen molar-refractivity contribution in [2.45, 2.75) is 46.1 Å². The van der Waals surface area contributed by atoms with E-state index in [2.05, 4.69) is 6.92 Å². The van der Waals surface area contributed by atoms with Crippen molar-refractivity contribution in [3.05, 3.63) is 0 Å². The Morgan fingerprint density at radius 2 is 2.06 bits per heavy atom. The van der Waals surface area contributed by atoms with E-state index in [9.17, 15) is 4.79 Å². The first-order valence-electron chi connectivity index (χ1n) is 6.35. The second kappa shape index (κ2) is 5.36. The molecule has 0 aliphatic heterocycles. The molecular formula is C13H26N2O2. The number of carbonyl (C=O) groups excluding carboxylic acids is 1. The summed E-state index contributed by atoms with van der Waals surface area (Å²) in [4.78, 5) is 17.1. The Kier molecular flexibility index (Phi) is 4.55. The summed E-state index contributed by atoms with van der Waals surface area (Å²) in [6.07, 6.45) is 3.09. The van der Waals surface area contributed by atoms with Gasteiger partial charge in [-0.3, -0.25) is 9.63 Å². The lowest BCUT2D eigenvalue weighted by atomic mass is 9.68. The quantitative estimate of drug-likeness (QED) is 0.748. The van der Waals surface area contributed by atoms with Crippen LogP contribution in [-0.2, 0) is 9.63 Å². The maximum Gasteiger partial charge on any atom is 0.251 e. The van der Waals surface area contributed by atoms with Crippen LogP contribution < -0.4 is 5.73 Å². The zero-order valence-corrected chi connectivity index (χ0v) is 11.7. The third kappa shape index (κ3) is 3.42. The van der Waals surface area contributed by atoms with Crippen LogP contribution in [0, 0.1) is 17.3 Å². The summed E-state index contributed by atoms with van der Waals surface area (Å²) in [5, 5.41) is 1.32. The van der Waals surface area contributed by atoms with Crippen LogP contribution in [-0.4, -0.2) is 31.2 Å². The first-order valence-corrected chi connectivity index (χ1v) is 6.35. The van der Waals surface area contributed by atoms with Crippen LogP contribution in [0.1, 0.15) is 40.0 Å². The Hall–Kier alpha value is -0.610. The van der Waals surface area contributed by atoms with Gasteiger partial charge >= 0.3 is 0 Å². The largest absolute Gasteiger partial charge is 0.328 e. The SMILES string of the molecule is CON(C)C(=O)C(C)(C)CC(C)C1CC(N)C1. The van der Waals surface area contributed by atoms with Crippen molar-refractivity contribution < 1.29 is 9.63 Å². The third-order valence-electron chi connectivity index (χ3n) is 3.99. The predicted octanol–water partition coefficient (Wildman–Crippen LogP) is 1.80. The fourth-order valence-corrected chi connectivity index (χ4v) is 2.74. The van der Waals surface area contributed by atoms with Crippen molar-refractivity contribution in [2.24, 2.45) is 23.0 Å². The molecule has 1 fully saturated rings. The Morgan fingerprint density at radius 1 is 1.53 bits per heavy atom. The van der Waals surface area contributed by atoms with E-state index in [4.69, 9.17) is 10.6 Å². The Labute approximate surface area is 104 Å². The summed E-state index contributed by atoms with van der Waals surface area (Å²) in [5.74, 6) is 1.26. The smallest absolute Gasteiger partial charge is 0.251 e. The lowest BCUT2D eigenvalue weighted by molar-refractivity contribution is -0.179. The number of nitrogens with zero attached hydrogens (tertiary/aromatic N) is 1. The molecule has 1 amide bonds. The molecule has 1 saturated carbocycles. The Balaban J connectivity index is 2.50. The molecule has 1 aliphatic rings. The molecule has 1 unspecified atom stereocenters. The first-order chi connectivity index (χ1) is 7.77. The van der Waals surface area contributed by atoms with Gasteiger partial charge in [0.05, 0.1) is 7.11 Å². The molecule has 1 aliphatic carbocycles. The molecule has 1 rings (SSSR count). The zero-order chi connectivity index (χ0) is 13.2. The van der Waals surface area contributed by atoms with E-state index in [1.165, 1.54) is 12.2 Å². The lowest BCUT2D eigenvalue weighted by Crippen LogP contribution is -2.43. The second-order valence-electron chi connectivity index (χ2n) is 6.04. The fraction of sp³-hybridized carbons (Fsp3) is 0.923. The van der Waals surface area contributed by atoms with E-state index in [0.717, 1.165) is 19.3 Å². The highest BCUT2D eigenvalue weighted by Crippen LogP contribution is 2.39. The molecular weight excluding hydrogens is 216 g/mol. The third-order valence-corrected chi connectivity index (χ3v) is 3.99. The summed E-state index contributed by atoms with van der Waals surface area (Å²) in [5.41, 5.74) is 5.43. The van der Waals surface area contributed by atoms with Gasteiger partial charge in [0.15, 0.2) is 0 Å². The number of nitrogens with two attached hydrogens (primary N) is 1. The number of hydrogen-bond acceptors (Lipinski definition) is 3. The Morgan fingerprint density at radius 3 is 2.47 bits per heavy atom. The normalized spacial score (nSPS) is 26.2. The van der Waals surface area contributed by atoms with Gasteiger partial charge in [0.2, 0.25) is 0 Å². The number of rotatable bonds is 5. The highest BCUT2D eigenvalue weighted by Gasteiger charge is 2.37. The van der Waals surface area contributed by atoms with Crippen molar-refractivity contribution in [3.8, 4) is 0 Å². The van der Waals surface area contributed by atoms with Crippen molar-refractivity contribution in [1.82, 2.24) is 5.06 Å². The molecule has 0 aromatic heterocycles. The molecule has 0 bridgehead atoms. The zero-order valence-electron chi connectivity index (χ0n) is 11.7. The van der Waals surface area contributed by atoms with Gasteiger partial charge in [0.25, 0.3) is 5.91 Å². The van der Waals surface area contributed by atoms with Crippen molar-refractivity contribution in [3.63, 3.8) is 0 Å². The highest BCUT2D eigenvalue weighted by atomic mass is 16.7. The monoisotopic (exact) mass is 242 g/mol. The molecule has 0 saturated heterocycles. The molecule has 4 nitrogen and oxygen atoms in total. The lowest BCUT2D eigenvalue weighted by Gasteiger charge is -2.40. The van der Waals surface area contributed by atoms with Crippen LogP contribution in [0.25, 0.3) is 0 Å². The van der Waals surface area contributed by atoms with Crippen LogP contribution in [0.5, 0.6) is 0 Å². The summed E-state index contributed by atoms with van der Waals surface area (Å²) < 4.78 is 0. The van der Waals surface area contributed by atoms with Gasteiger partial charge in [-0.2, -0.15) is 0 Å². The molecule has 0 spiro atoms. The van der Waals surface area contributed by atoms with Gasteiger partial charge in [-0.25, -0.2) is 5.06 Å². The van der Waals surface area contributed by atoms with E-state index in [-0.39, 0.29) is 11.3 Å². The van der Waals surface area contributed by atoms with Gasteiger partial charge < -0.3 is 5.73 Å². The van der Waals surface area contributed by atoms with Crippen molar-refractivity contribution in [2.75, 3.05) is 14.2 Å².